The van der Waals surface area contributed by atoms with E-state index in [9.17, 15) is 0 Å². The molecule has 0 saturated carbocycles. The van der Waals surface area contributed by atoms with Crippen molar-refractivity contribution in [3.8, 4) is 0 Å². The second-order valence-electron chi connectivity index (χ2n) is 3.99. The van der Waals surface area contributed by atoms with E-state index in [-0.39, 0.29) is 12.6 Å². The van der Waals surface area contributed by atoms with Gasteiger partial charge in [-0.1, -0.05) is 18.2 Å². The first kappa shape index (κ1) is 11.0. The van der Waals surface area contributed by atoms with Gasteiger partial charge in [0.1, 0.15) is 0 Å². The Morgan fingerprint density at radius 1 is 1.38 bits per heavy atom. The maximum atomic E-state index is 8.94. The second-order valence-corrected chi connectivity index (χ2v) is 3.99. The molecule has 2 rings (SSSR count). The Bertz CT molecular complexity index is 496. The largest absolute Gasteiger partial charge is 0.396 e. The molecule has 16 heavy (non-hydrogen) atoms. The highest BCUT2D eigenvalue weighted by Crippen LogP contribution is 2.24. The van der Waals surface area contributed by atoms with Gasteiger partial charge in [-0.3, -0.25) is 4.98 Å². The minimum Gasteiger partial charge on any atom is -0.396 e. The number of benzene rings is 1. The number of hydrogen-bond donors (Lipinski definition) is 2. The Hall–Kier alpha value is -1.45. The molecule has 1 aromatic carbocycles. The van der Waals surface area contributed by atoms with Crippen molar-refractivity contribution in [1.29, 1.82) is 0 Å². The summed E-state index contributed by atoms with van der Waals surface area (Å²) in [4.78, 5) is 4.46. The highest BCUT2D eigenvalue weighted by molar-refractivity contribution is 5.82. The van der Waals surface area contributed by atoms with Crippen LogP contribution in [0.3, 0.4) is 0 Å². The van der Waals surface area contributed by atoms with Gasteiger partial charge in [0.25, 0.3) is 0 Å². The van der Waals surface area contributed by atoms with Crippen LogP contribution in [0.2, 0.25) is 0 Å². The molecule has 84 valence electrons. The van der Waals surface area contributed by atoms with Gasteiger partial charge < -0.3 is 10.8 Å². The lowest BCUT2D eigenvalue weighted by atomic mass is 9.99. The quantitative estimate of drug-likeness (QED) is 0.824. The molecule has 0 spiro atoms. The molecule has 2 aromatic rings. The van der Waals surface area contributed by atoms with Crippen LogP contribution in [0.15, 0.2) is 30.3 Å². The van der Waals surface area contributed by atoms with E-state index in [1.165, 1.54) is 0 Å². The van der Waals surface area contributed by atoms with E-state index in [1.54, 1.807) is 0 Å². The number of fused-ring (bicyclic) bond motifs is 1. The molecular formula is C13H16N2O. The first-order chi connectivity index (χ1) is 7.72. The molecule has 1 heterocycles. The van der Waals surface area contributed by atoms with Gasteiger partial charge in [-0.15, -0.1) is 0 Å². The molecule has 0 amide bonds. The van der Waals surface area contributed by atoms with Crippen LogP contribution in [0.1, 0.15) is 23.7 Å². The van der Waals surface area contributed by atoms with E-state index in [1.807, 2.05) is 37.3 Å². The number of nitrogens with two attached hydrogens (primary N) is 1. The summed E-state index contributed by atoms with van der Waals surface area (Å²) in [5, 5.41) is 10.0. The monoisotopic (exact) mass is 216 g/mol. The third-order valence-corrected chi connectivity index (χ3v) is 2.72. The van der Waals surface area contributed by atoms with Crippen LogP contribution in [0.5, 0.6) is 0 Å². The van der Waals surface area contributed by atoms with E-state index in [4.69, 9.17) is 10.8 Å². The van der Waals surface area contributed by atoms with Crippen LogP contribution in [-0.4, -0.2) is 16.7 Å². The highest BCUT2D eigenvalue weighted by Gasteiger charge is 2.10. The van der Waals surface area contributed by atoms with Gasteiger partial charge in [0.05, 0.1) is 5.52 Å². The van der Waals surface area contributed by atoms with Gasteiger partial charge in [-0.25, -0.2) is 0 Å². The predicted molar refractivity (Wildman–Crippen MR) is 65.1 cm³/mol. The molecule has 3 nitrogen and oxygen atoms in total. The zero-order valence-electron chi connectivity index (χ0n) is 9.35. The van der Waals surface area contributed by atoms with E-state index in [2.05, 4.69) is 4.98 Å². The molecule has 0 aliphatic carbocycles. The van der Waals surface area contributed by atoms with Crippen molar-refractivity contribution in [2.45, 2.75) is 19.4 Å². The number of pyridine rings is 1. The summed E-state index contributed by atoms with van der Waals surface area (Å²) in [7, 11) is 0. The average Bonchev–Trinajstić information content (AvgIpc) is 2.28. The lowest BCUT2D eigenvalue weighted by Gasteiger charge is -2.14. The summed E-state index contributed by atoms with van der Waals surface area (Å²) in [6.07, 6.45) is 0.577. The van der Waals surface area contributed by atoms with Gasteiger partial charge in [-0.05, 0) is 31.0 Å². The number of aliphatic hydroxyl groups is 1. The van der Waals surface area contributed by atoms with Crippen molar-refractivity contribution < 1.29 is 5.11 Å². The van der Waals surface area contributed by atoms with Gasteiger partial charge in [0, 0.05) is 23.7 Å². The third kappa shape index (κ3) is 2.05. The number of para-hydroxylation sites is 1. The molecule has 0 radical (unpaired) electrons. The van der Waals surface area contributed by atoms with Crippen LogP contribution in [0.4, 0.5) is 0 Å². The SMILES string of the molecule is Cc1cc(C(N)CCO)c2ccccc2n1. The summed E-state index contributed by atoms with van der Waals surface area (Å²) in [5.41, 5.74) is 9.04. The zero-order valence-corrected chi connectivity index (χ0v) is 9.35. The molecule has 3 N–H and O–H groups in total. The predicted octanol–water partition coefficient (Wildman–Crippen LogP) is 1.93. The second kappa shape index (κ2) is 4.60. The fourth-order valence-corrected chi connectivity index (χ4v) is 1.94. The summed E-state index contributed by atoms with van der Waals surface area (Å²) in [6.45, 7) is 2.07. The molecule has 0 aliphatic heterocycles. The number of hydrogen-bond acceptors (Lipinski definition) is 3. The van der Waals surface area contributed by atoms with Crippen LogP contribution in [-0.2, 0) is 0 Å². The Kier molecular flexibility index (Phi) is 3.17. The molecule has 1 unspecified atom stereocenters. The first-order valence-electron chi connectivity index (χ1n) is 5.45. The third-order valence-electron chi connectivity index (χ3n) is 2.72. The van der Waals surface area contributed by atoms with E-state index in [0.29, 0.717) is 6.42 Å². The lowest BCUT2D eigenvalue weighted by Crippen LogP contribution is -2.13. The Morgan fingerprint density at radius 2 is 2.12 bits per heavy atom. The number of aliphatic hydroxyl groups excluding tert-OH is 1. The number of rotatable bonds is 3. The number of aromatic nitrogens is 1. The Labute approximate surface area is 94.9 Å². The molecular weight excluding hydrogens is 200 g/mol. The Balaban J connectivity index is 2.58. The fourth-order valence-electron chi connectivity index (χ4n) is 1.94. The molecule has 0 aliphatic rings. The zero-order chi connectivity index (χ0) is 11.5. The molecule has 0 bridgehead atoms. The maximum Gasteiger partial charge on any atom is 0.0708 e. The Morgan fingerprint density at radius 3 is 2.88 bits per heavy atom. The summed E-state index contributed by atoms with van der Waals surface area (Å²) < 4.78 is 0. The van der Waals surface area contributed by atoms with E-state index < -0.39 is 0 Å². The van der Waals surface area contributed by atoms with Gasteiger partial charge in [0.2, 0.25) is 0 Å². The standard InChI is InChI=1S/C13H16N2O/c1-9-8-11(12(14)6-7-16)10-4-2-3-5-13(10)15-9/h2-5,8,12,16H,6-7,14H2,1H3. The van der Waals surface area contributed by atoms with E-state index >= 15 is 0 Å². The molecule has 3 heteroatoms. The van der Waals surface area contributed by atoms with Crippen molar-refractivity contribution in [3.63, 3.8) is 0 Å². The molecule has 0 saturated heterocycles. The van der Waals surface area contributed by atoms with Crippen LogP contribution in [0, 0.1) is 6.92 Å². The first-order valence-corrected chi connectivity index (χ1v) is 5.45. The van der Waals surface area contributed by atoms with Crippen LogP contribution in [0.25, 0.3) is 10.9 Å². The van der Waals surface area contributed by atoms with Gasteiger partial charge >= 0.3 is 0 Å². The number of nitrogens with zero attached hydrogens (tertiary/aromatic N) is 1. The van der Waals surface area contributed by atoms with Gasteiger partial charge in [-0.2, -0.15) is 0 Å². The topological polar surface area (TPSA) is 59.1 Å². The van der Waals surface area contributed by atoms with Crippen molar-refractivity contribution in [1.82, 2.24) is 4.98 Å². The average molecular weight is 216 g/mol. The smallest absolute Gasteiger partial charge is 0.0708 e. The molecule has 1 atom stereocenters. The van der Waals surface area contributed by atoms with Crippen LogP contribution >= 0.6 is 0 Å². The summed E-state index contributed by atoms with van der Waals surface area (Å²) in [5.74, 6) is 0. The van der Waals surface area contributed by atoms with Gasteiger partial charge in [0.15, 0.2) is 0 Å². The van der Waals surface area contributed by atoms with Crippen molar-refractivity contribution in [2.75, 3.05) is 6.61 Å². The number of aryl methyl sites for hydroxylation is 1. The maximum absolute atomic E-state index is 8.94. The molecule has 1 aromatic heterocycles. The molecule has 0 fully saturated rings. The summed E-state index contributed by atoms with van der Waals surface area (Å²) >= 11 is 0. The van der Waals surface area contributed by atoms with Crippen molar-refractivity contribution >= 4 is 10.9 Å². The van der Waals surface area contributed by atoms with E-state index in [0.717, 1.165) is 22.2 Å². The minimum atomic E-state index is -0.128. The van der Waals surface area contributed by atoms with Crippen molar-refractivity contribution in [2.24, 2.45) is 5.73 Å². The summed E-state index contributed by atoms with van der Waals surface area (Å²) in [6, 6.07) is 9.83. The fraction of sp³-hybridized carbons (Fsp3) is 0.308. The van der Waals surface area contributed by atoms with Crippen molar-refractivity contribution in [3.05, 3.63) is 41.6 Å². The minimum absolute atomic E-state index is 0.108. The van der Waals surface area contributed by atoms with Crippen LogP contribution < -0.4 is 5.73 Å². The highest BCUT2D eigenvalue weighted by atomic mass is 16.3. The lowest BCUT2D eigenvalue weighted by molar-refractivity contribution is 0.277. The normalized spacial score (nSPS) is 12.9.